The van der Waals surface area contributed by atoms with Gasteiger partial charge in [-0.15, -0.1) is 0 Å². The average molecular weight is 294 g/mol. The third-order valence-electron chi connectivity index (χ3n) is 3.58. The Morgan fingerprint density at radius 1 is 1.48 bits per heavy atom. The van der Waals surface area contributed by atoms with E-state index in [4.69, 9.17) is 5.11 Å². The van der Waals surface area contributed by atoms with Crippen LogP contribution in [-0.2, 0) is 4.79 Å². The molecule has 2 amide bonds. The van der Waals surface area contributed by atoms with Gasteiger partial charge < -0.3 is 10.4 Å². The summed E-state index contributed by atoms with van der Waals surface area (Å²) in [5.74, 6) is -1.11. The van der Waals surface area contributed by atoms with Gasteiger partial charge >= 0.3 is 12.0 Å². The van der Waals surface area contributed by atoms with Crippen LogP contribution in [0.1, 0.15) is 26.2 Å². The number of anilines is 1. The molecule has 0 bridgehead atoms. The van der Waals surface area contributed by atoms with Gasteiger partial charge in [0.15, 0.2) is 0 Å². The third kappa shape index (κ3) is 4.18. The van der Waals surface area contributed by atoms with Crippen molar-refractivity contribution in [1.29, 1.82) is 0 Å². The van der Waals surface area contributed by atoms with Crippen molar-refractivity contribution in [2.24, 2.45) is 5.92 Å². The molecule has 1 unspecified atom stereocenters. The van der Waals surface area contributed by atoms with Crippen LogP contribution in [0.5, 0.6) is 0 Å². The Balaban J connectivity index is 2.07. The van der Waals surface area contributed by atoms with E-state index in [2.05, 4.69) is 5.32 Å². The molecule has 0 aromatic heterocycles. The number of rotatable bonds is 6. The van der Waals surface area contributed by atoms with Crippen LogP contribution in [0.3, 0.4) is 0 Å². The van der Waals surface area contributed by atoms with Crippen LogP contribution < -0.4 is 10.2 Å². The molecule has 1 aromatic rings. The van der Waals surface area contributed by atoms with Crippen molar-refractivity contribution in [3.63, 3.8) is 0 Å². The van der Waals surface area contributed by atoms with Gasteiger partial charge in [-0.1, -0.05) is 6.07 Å². The summed E-state index contributed by atoms with van der Waals surface area (Å²) in [5.41, 5.74) is 0.458. The van der Waals surface area contributed by atoms with E-state index >= 15 is 0 Å². The third-order valence-corrected chi connectivity index (χ3v) is 3.58. The Morgan fingerprint density at radius 3 is 2.71 bits per heavy atom. The summed E-state index contributed by atoms with van der Waals surface area (Å²) in [4.78, 5) is 24.6. The second-order valence-electron chi connectivity index (χ2n) is 5.22. The minimum atomic E-state index is -0.930. The van der Waals surface area contributed by atoms with E-state index in [9.17, 15) is 14.0 Å². The van der Waals surface area contributed by atoms with E-state index in [-0.39, 0.29) is 24.4 Å². The smallest absolute Gasteiger partial charge is 0.322 e. The van der Waals surface area contributed by atoms with E-state index in [0.29, 0.717) is 12.2 Å². The minimum Gasteiger partial charge on any atom is -0.481 e. The van der Waals surface area contributed by atoms with Gasteiger partial charge in [0, 0.05) is 18.3 Å². The van der Waals surface area contributed by atoms with Crippen molar-refractivity contribution in [2.75, 3.05) is 11.4 Å². The largest absolute Gasteiger partial charge is 0.481 e. The first-order chi connectivity index (χ1) is 10.0. The molecule has 1 aliphatic rings. The number of aliphatic carboxylic acids is 1. The topological polar surface area (TPSA) is 69.6 Å². The van der Waals surface area contributed by atoms with Crippen molar-refractivity contribution in [1.82, 2.24) is 5.32 Å². The molecular formula is C15H19FN2O3. The highest BCUT2D eigenvalue weighted by Crippen LogP contribution is 2.34. The number of halogens is 1. The molecule has 1 atom stereocenters. The predicted molar refractivity (Wildman–Crippen MR) is 76.7 cm³/mol. The lowest BCUT2D eigenvalue weighted by Gasteiger charge is -2.25. The first-order valence-corrected chi connectivity index (χ1v) is 7.06. The van der Waals surface area contributed by atoms with Crippen molar-refractivity contribution < 1.29 is 19.1 Å². The molecule has 0 aliphatic heterocycles. The molecule has 1 aromatic carbocycles. The standard InChI is InChI=1S/C15H19FN2O3/c1-2-18(12-5-3-4-11(16)8-12)15(21)17-13(9-14(19)20)10-6-7-10/h3-5,8,10,13H,2,6-7,9H2,1H3,(H,17,21)(H,19,20). The molecule has 21 heavy (non-hydrogen) atoms. The molecule has 2 rings (SSSR count). The van der Waals surface area contributed by atoms with Crippen molar-refractivity contribution >= 4 is 17.7 Å². The summed E-state index contributed by atoms with van der Waals surface area (Å²) in [6.07, 6.45) is 1.78. The first kappa shape index (κ1) is 15.3. The van der Waals surface area contributed by atoms with Crippen LogP contribution in [0.2, 0.25) is 0 Å². The Morgan fingerprint density at radius 2 is 2.19 bits per heavy atom. The number of hydrogen-bond donors (Lipinski definition) is 2. The quantitative estimate of drug-likeness (QED) is 0.847. The molecule has 0 spiro atoms. The molecule has 6 heteroatoms. The molecule has 1 saturated carbocycles. The van der Waals surface area contributed by atoms with Gasteiger partial charge in [-0.05, 0) is 43.9 Å². The second-order valence-corrected chi connectivity index (χ2v) is 5.22. The summed E-state index contributed by atoms with van der Waals surface area (Å²) in [7, 11) is 0. The maximum absolute atomic E-state index is 13.3. The number of amides is 2. The Labute approximate surface area is 122 Å². The number of nitrogens with one attached hydrogen (secondary N) is 1. The molecule has 5 nitrogen and oxygen atoms in total. The van der Waals surface area contributed by atoms with E-state index in [1.165, 1.54) is 23.1 Å². The van der Waals surface area contributed by atoms with Gasteiger partial charge in [0.05, 0.1) is 6.42 Å². The molecular weight excluding hydrogens is 275 g/mol. The molecule has 0 radical (unpaired) electrons. The normalized spacial score (nSPS) is 15.3. The highest BCUT2D eigenvalue weighted by atomic mass is 19.1. The van der Waals surface area contributed by atoms with E-state index in [1.54, 1.807) is 13.0 Å². The summed E-state index contributed by atoms with van der Waals surface area (Å²) < 4.78 is 13.3. The lowest BCUT2D eigenvalue weighted by molar-refractivity contribution is -0.137. The number of benzene rings is 1. The van der Waals surface area contributed by atoms with Crippen LogP contribution in [0.15, 0.2) is 24.3 Å². The number of carboxylic acids is 1. The van der Waals surface area contributed by atoms with Crippen LogP contribution in [0.25, 0.3) is 0 Å². The second kappa shape index (κ2) is 6.56. The van der Waals surface area contributed by atoms with Crippen LogP contribution >= 0.6 is 0 Å². The van der Waals surface area contributed by atoms with Crippen molar-refractivity contribution in [3.05, 3.63) is 30.1 Å². The Hall–Kier alpha value is -2.11. The van der Waals surface area contributed by atoms with Crippen LogP contribution in [0.4, 0.5) is 14.9 Å². The zero-order chi connectivity index (χ0) is 15.4. The molecule has 1 aliphatic carbocycles. The van der Waals surface area contributed by atoms with E-state index in [1.807, 2.05) is 0 Å². The zero-order valence-corrected chi connectivity index (χ0v) is 11.9. The fourth-order valence-corrected chi connectivity index (χ4v) is 2.35. The molecule has 0 heterocycles. The Bertz CT molecular complexity index is 531. The first-order valence-electron chi connectivity index (χ1n) is 7.06. The monoisotopic (exact) mass is 294 g/mol. The predicted octanol–water partition coefficient (Wildman–Crippen LogP) is 2.61. The zero-order valence-electron chi connectivity index (χ0n) is 11.9. The van der Waals surface area contributed by atoms with E-state index in [0.717, 1.165) is 12.8 Å². The van der Waals surface area contributed by atoms with Gasteiger partial charge in [0.25, 0.3) is 0 Å². The van der Waals surface area contributed by atoms with Crippen LogP contribution in [-0.4, -0.2) is 29.7 Å². The summed E-state index contributed by atoms with van der Waals surface area (Å²) in [5, 5.41) is 11.7. The lowest BCUT2D eigenvalue weighted by atomic mass is 10.1. The molecule has 1 fully saturated rings. The fourth-order valence-electron chi connectivity index (χ4n) is 2.35. The van der Waals surface area contributed by atoms with Gasteiger partial charge in [-0.3, -0.25) is 9.69 Å². The van der Waals surface area contributed by atoms with E-state index < -0.39 is 11.8 Å². The summed E-state index contributed by atoms with van der Waals surface area (Å²) in [6, 6.07) is 5.03. The maximum Gasteiger partial charge on any atom is 0.322 e. The number of urea groups is 1. The van der Waals surface area contributed by atoms with Gasteiger partial charge in [-0.2, -0.15) is 0 Å². The SMILES string of the molecule is CCN(C(=O)NC(CC(=O)O)C1CC1)c1cccc(F)c1. The number of carbonyl (C=O) groups is 2. The molecule has 0 saturated heterocycles. The summed E-state index contributed by atoms with van der Waals surface area (Å²) >= 11 is 0. The average Bonchev–Trinajstić information content (AvgIpc) is 3.22. The molecule has 2 N–H and O–H groups in total. The minimum absolute atomic E-state index is 0.0862. The van der Waals surface area contributed by atoms with Gasteiger partial charge in [0.2, 0.25) is 0 Å². The summed E-state index contributed by atoms with van der Waals surface area (Å²) in [6.45, 7) is 2.16. The van der Waals surface area contributed by atoms with Gasteiger partial charge in [0.1, 0.15) is 5.82 Å². The number of nitrogens with zero attached hydrogens (tertiary/aromatic N) is 1. The Kier molecular flexibility index (Phi) is 4.77. The molecule has 114 valence electrons. The number of hydrogen-bond acceptors (Lipinski definition) is 2. The number of carbonyl (C=O) groups excluding carboxylic acids is 1. The lowest BCUT2D eigenvalue weighted by Crippen LogP contribution is -2.46. The fraction of sp³-hybridized carbons (Fsp3) is 0.467. The highest BCUT2D eigenvalue weighted by Gasteiger charge is 2.34. The highest BCUT2D eigenvalue weighted by molar-refractivity contribution is 5.92. The van der Waals surface area contributed by atoms with Crippen molar-refractivity contribution in [3.8, 4) is 0 Å². The number of carboxylic acid groups (broad SMARTS) is 1. The van der Waals surface area contributed by atoms with Gasteiger partial charge in [-0.25, -0.2) is 9.18 Å². The van der Waals surface area contributed by atoms with Crippen molar-refractivity contribution in [2.45, 2.75) is 32.2 Å². The maximum atomic E-state index is 13.3. The van der Waals surface area contributed by atoms with Crippen LogP contribution in [0, 0.1) is 11.7 Å².